The lowest BCUT2D eigenvalue weighted by molar-refractivity contribution is -0.113. The van der Waals surface area contributed by atoms with Gasteiger partial charge in [0.25, 0.3) is 0 Å². The minimum absolute atomic E-state index is 0.0817. The molecule has 1 aromatic heterocycles. The summed E-state index contributed by atoms with van der Waals surface area (Å²) < 4.78 is 1.43. The Morgan fingerprint density at radius 2 is 1.70 bits per heavy atom. The summed E-state index contributed by atoms with van der Waals surface area (Å²) in [7, 11) is 0. The second-order valence-electron chi connectivity index (χ2n) is 8.62. The highest BCUT2D eigenvalue weighted by atomic mass is 32.2. The highest BCUT2D eigenvalue weighted by molar-refractivity contribution is 7.99. The highest BCUT2D eigenvalue weighted by Crippen LogP contribution is 2.26. The number of thioether (sulfide) groups is 1. The summed E-state index contributed by atoms with van der Waals surface area (Å²) in [5, 5.41) is 11.7. The number of amides is 1. The van der Waals surface area contributed by atoms with Gasteiger partial charge in [-0.2, -0.15) is 0 Å². The summed E-state index contributed by atoms with van der Waals surface area (Å²) in [6, 6.07) is 16.0. The molecule has 0 radical (unpaired) electrons. The fraction of sp³-hybridized carbons (Fsp3) is 0.348. The van der Waals surface area contributed by atoms with E-state index in [1.165, 1.54) is 27.6 Å². The first kappa shape index (κ1) is 21.9. The van der Waals surface area contributed by atoms with Crippen molar-refractivity contribution in [2.45, 2.75) is 51.1 Å². The second-order valence-corrected chi connectivity index (χ2v) is 9.56. The third-order valence-electron chi connectivity index (χ3n) is 4.87. The Morgan fingerprint density at radius 3 is 2.27 bits per heavy atom. The van der Waals surface area contributed by atoms with Crippen LogP contribution >= 0.6 is 11.8 Å². The molecule has 0 unspecified atom stereocenters. The molecule has 3 N–H and O–H groups in total. The molecular formula is C23H29N5OS. The quantitative estimate of drug-likeness (QED) is 0.439. The summed E-state index contributed by atoms with van der Waals surface area (Å²) in [6.07, 6.45) is 0. The summed E-state index contributed by atoms with van der Waals surface area (Å²) in [5.74, 6) is 7.30. The lowest BCUT2D eigenvalue weighted by atomic mass is 9.87. The number of rotatable bonds is 6. The van der Waals surface area contributed by atoms with E-state index in [0.717, 1.165) is 11.3 Å². The van der Waals surface area contributed by atoms with Gasteiger partial charge in [0.2, 0.25) is 11.1 Å². The molecule has 30 heavy (non-hydrogen) atoms. The number of carbonyl (C=O) groups is 1. The van der Waals surface area contributed by atoms with E-state index in [2.05, 4.69) is 62.3 Å². The minimum atomic E-state index is -0.114. The zero-order chi connectivity index (χ0) is 21.9. The van der Waals surface area contributed by atoms with Gasteiger partial charge in [-0.05, 0) is 34.6 Å². The fourth-order valence-corrected chi connectivity index (χ4v) is 3.63. The van der Waals surface area contributed by atoms with Crippen molar-refractivity contribution in [1.82, 2.24) is 14.9 Å². The monoisotopic (exact) mass is 423 g/mol. The van der Waals surface area contributed by atoms with Crippen molar-refractivity contribution >= 4 is 23.4 Å². The maximum atomic E-state index is 12.3. The zero-order valence-corrected chi connectivity index (χ0v) is 19.0. The fourth-order valence-electron chi connectivity index (χ4n) is 2.97. The molecule has 3 rings (SSSR count). The van der Waals surface area contributed by atoms with Crippen molar-refractivity contribution in [3.05, 3.63) is 59.7 Å². The van der Waals surface area contributed by atoms with E-state index in [1.807, 2.05) is 36.4 Å². The SMILES string of the molecule is CC(C)c1ccc(NC(=O)CSc2nnc(-c3ccc(C(C)(C)C)cc3)n2N)cc1. The molecule has 3 aromatic rings. The number of nitrogens with two attached hydrogens (primary N) is 1. The number of nitrogen functional groups attached to an aromatic ring is 1. The molecule has 0 bridgehead atoms. The van der Waals surface area contributed by atoms with Crippen LogP contribution in [-0.2, 0) is 10.2 Å². The largest absolute Gasteiger partial charge is 0.335 e. The Bertz CT molecular complexity index is 1000. The van der Waals surface area contributed by atoms with E-state index in [4.69, 9.17) is 5.84 Å². The van der Waals surface area contributed by atoms with Crippen LogP contribution in [0.2, 0.25) is 0 Å². The van der Waals surface area contributed by atoms with Crippen LogP contribution in [-0.4, -0.2) is 26.5 Å². The van der Waals surface area contributed by atoms with Crippen LogP contribution in [0, 0.1) is 0 Å². The lowest BCUT2D eigenvalue weighted by Crippen LogP contribution is -2.16. The van der Waals surface area contributed by atoms with Crippen LogP contribution in [0.15, 0.2) is 53.7 Å². The Labute approximate surface area is 182 Å². The van der Waals surface area contributed by atoms with Crippen molar-refractivity contribution in [3.63, 3.8) is 0 Å². The summed E-state index contributed by atoms with van der Waals surface area (Å²) in [5.41, 5.74) is 4.22. The molecule has 158 valence electrons. The number of hydrogen-bond donors (Lipinski definition) is 2. The number of carbonyl (C=O) groups excluding carboxylic acids is 1. The van der Waals surface area contributed by atoms with Gasteiger partial charge >= 0.3 is 0 Å². The Kier molecular flexibility index (Phi) is 6.51. The number of aromatic nitrogens is 3. The van der Waals surface area contributed by atoms with Gasteiger partial charge in [0, 0.05) is 11.3 Å². The lowest BCUT2D eigenvalue weighted by Gasteiger charge is -2.19. The number of anilines is 1. The molecule has 0 aliphatic carbocycles. The Balaban J connectivity index is 1.61. The van der Waals surface area contributed by atoms with Gasteiger partial charge in [-0.25, -0.2) is 4.68 Å². The molecule has 2 aromatic carbocycles. The van der Waals surface area contributed by atoms with Crippen LogP contribution < -0.4 is 11.2 Å². The average molecular weight is 424 g/mol. The van der Waals surface area contributed by atoms with Crippen LogP contribution in [0.5, 0.6) is 0 Å². The van der Waals surface area contributed by atoms with Crippen molar-refractivity contribution in [2.24, 2.45) is 0 Å². The van der Waals surface area contributed by atoms with Gasteiger partial charge in [-0.3, -0.25) is 4.79 Å². The first-order valence-electron chi connectivity index (χ1n) is 9.99. The van der Waals surface area contributed by atoms with Gasteiger partial charge in [0.05, 0.1) is 5.75 Å². The number of nitrogens with one attached hydrogen (secondary N) is 1. The molecule has 0 aliphatic heterocycles. The first-order chi connectivity index (χ1) is 14.1. The van der Waals surface area contributed by atoms with Crippen LogP contribution in [0.3, 0.4) is 0 Å². The third-order valence-corrected chi connectivity index (χ3v) is 5.81. The number of hydrogen-bond acceptors (Lipinski definition) is 5. The molecular weight excluding hydrogens is 394 g/mol. The normalized spacial score (nSPS) is 11.7. The van der Waals surface area contributed by atoms with Crippen LogP contribution in [0.1, 0.15) is 51.7 Å². The maximum absolute atomic E-state index is 12.3. The first-order valence-corrected chi connectivity index (χ1v) is 11.0. The van der Waals surface area contributed by atoms with E-state index < -0.39 is 0 Å². The number of benzene rings is 2. The molecule has 1 heterocycles. The van der Waals surface area contributed by atoms with E-state index in [-0.39, 0.29) is 17.1 Å². The molecule has 6 nitrogen and oxygen atoms in total. The van der Waals surface area contributed by atoms with E-state index >= 15 is 0 Å². The van der Waals surface area contributed by atoms with Crippen LogP contribution in [0.4, 0.5) is 5.69 Å². The van der Waals surface area contributed by atoms with Gasteiger partial charge in [-0.1, -0.05) is 82.8 Å². The van der Waals surface area contributed by atoms with E-state index in [0.29, 0.717) is 16.9 Å². The van der Waals surface area contributed by atoms with E-state index in [1.54, 1.807) is 0 Å². The zero-order valence-electron chi connectivity index (χ0n) is 18.1. The van der Waals surface area contributed by atoms with Crippen molar-refractivity contribution in [1.29, 1.82) is 0 Å². The molecule has 0 fully saturated rings. The summed E-state index contributed by atoms with van der Waals surface area (Å²) >= 11 is 1.26. The average Bonchev–Trinajstić information content (AvgIpc) is 3.06. The van der Waals surface area contributed by atoms with Gasteiger partial charge in [0.15, 0.2) is 5.82 Å². The maximum Gasteiger partial charge on any atom is 0.234 e. The van der Waals surface area contributed by atoms with Crippen molar-refractivity contribution in [2.75, 3.05) is 16.9 Å². The predicted molar refractivity (Wildman–Crippen MR) is 124 cm³/mol. The Morgan fingerprint density at radius 1 is 1.07 bits per heavy atom. The van der Waals surface area contributed by atoms with Crippen molar-refractivity contribution < 1.29 is 4.79 Å². The molecule has 1 amide bonds. The third kappa shape index (κ3) is 5.21. The second kappa shape index (κ2) is 8.92. The molecule has 7 heteroatoms. The summed E-state index contributed by atoms with van der Waals surface area (Å²) in [4.78, 5) is 12.3. The Hall–Kier alpha value is -2.80. The molecule has 0 saturated heterocycles. The van der Waals surface area contributed by atoms with Gasteiger partial charge in [0.1, 0.15) is 0 Å². The van der Waals surface area contributed by atoms with Crippen LogP contribution in [0.25, 0.3) is 11.4 Å². The van der Waals surface area contributed by atoms with Gasteiger partial charge in [-0.15, -0.1) is 10.2 Å². The van der Waals surface area contributed by atoms with Gasteiger partial charge < -0.3 is 11.2 Å². The van der Waals surface area contributed by atoms with Crippen molar-refractivity contribution in [3.8, 4) is 11.4 Å². The molecule has 0 atom stereocenters. The molecule has 0 spiro atoms. The summed E-state index contributed by atoms with van der Waals surface area (Å²) in [6.45, 7) is 10.8. The standard InChI is InChI=1S/C23H29N5OS/c1-15(2)16-8-12-19(13-9-16)25-20(29)14-30-22-27-26-21(28(22)24)17-6-10-18(11-7-17)23(3,4)5/h6-13,15H,14,24H2,1-5H3,(H,25,29). The van der Waals surface area contributed by atoms with E-state index in [9.17, 15) is 4.79 Å². The smallest absolute Gasteiger partial charge is 0.234 e. The molecule has 0 aliphatic rings. The molecule has 0 saturated carbocycles. The topological polar surface area (TPSA) is 85.8 Å². The minimum Gasteiger partial charge on any atom is -0.335 e. The highest BCUT2D eigenvalue weighted by Gasteiger charge is 2.16. The number of nitrogens with zero attached hydrogens (tertiary/aromatic N) is 3. The predicted octanol–water partition coefficient (Wildman–Crippen LogP) is 4.81.